The van der Waals surface area contributed by atoms with Crippen LogP contribution in [0.4, 0.5) is 5.69 Å². The van der Waals surface area contributed by atoms with Crippen molar-refractivity contribution in [2.75, 3.05) is 12.1 Å². The maximum absolute atomic E-state index is 12.5. The molecule has 1 N–H and O–H groups in total. The zero-order valence-corrected chi connectivity index (χ0v) is 16.4. The maximum Gasteiger partial charge on any atom is 0.269 e. The fourth-order valence-electron chi connectivity index (χ4n) is 3.23. The first kappa shape index (κ1) is 18.7. The van der Waals surface area contributed by atoms with Gasteiger partial charge in [0.1, 0.15) is 0 Å². The van der Waals surface area contributed by atoms with E-state index < -0.39 is 0 Å². The number of amides is 1. The molecule has 0 atom stereocenters. The minimum absolute atomic E-state index is 0.145. The van der Waals surface area contributed by atoms with Gasteiger partial charge in [0.2, 0.25) is 0 Å². The van der Waals surface area contributed by atoms with Crippen molar-refractivity contribution in [3.8, 4) is 5.69 Å². The third-order valence-corrected chi connectivity index (χ3v) is 4.73. The Morgan fingerprint density at radius 1 is 1.07 bits per heavy atom. The monoisotopic (exact) mass is 362 g/mol. The number of nitrogens with zero attached hydrogens (tertiary/aromatic N) is 3. The van der Waals surface area contributed by atoms with Gasteiger partial charge in [-0.15, -0.1) is 0 Å². The molecule has 1 heterocycles. The zero-order valence-electron chi connectivity index (χ0n) is 16.4. The van der Waals surface area contributed by atoms with Crippen LogP contribution < -0.4 is 10.4 Å². The number of hydrazine groups is 1. The highest BCUT2D eigenvalue weighted by Gasteiger charge is 2.13. The largest absolute Gasteiger partial charge is 0.288 e. The van der Waals surface area contributed by atoms with Crippen molar-refractivity contribution in [2.24, 2.45) is 0 Å². The quantitative estimate of drug-likeness (QED) is 0.668. The molecule has 0 fully saturated rings. The number of para-hydroxylation sites is 1. The van der Waals surface area contributed by atoms with Crippen LogP contribution in [0.3, 0.4) is 0 Å². The molecule has 5 heteroatoms. The fourth-order valence-corrected chi connectivity index (χ4v) is 3.23. The van der Waals surface area contributed by atoms with Crippen molar-refractivity contribution in [2.45, 2.75) is 33.6 Å². The summed E-state index contributed by atoms with van der Waals surface area (Å²) in [6, 6.07) is 17.3. The van der Waals surface area contributed by atoms with Crippen LogP contribution in [0.1, 0.15) is 40.7 Å². The van der Waals surface area contributed by atoms with Crippen LogP contribution >= 0.6 is 0 Å². The Morgan fingerprint density at radius 3 is 2.37 bits per heavy atom. The molecule has 140 valence electrons. The van der Waals surface area contributed by atoms with Gasteiger partial charge >= 0.3 is 0 Å². The number of aromatic nitrogens is 2. The second-order valence-electron chi connectivity index (χ2n) is 6.69. The Bertz CT molecular complexity index is 913. The van der Waals surface area contributed by atoms with Crippen LogP contribution in [0, 0.1) is 13.8 Å². The van der Waals surface area contributed by atoms with Crippen molar-refractivity contribution in [3.05, 3.63) is 77.1 Å². The molecule has 0 spiro atoms. The second kappa shape index (κ2) is 8.08. The van der Waals surface area contributed by atoms with E-state index in [1.165, 1.54) is 5.56 Å². The van der Waals surface area contributed by atoms with E-state index in [1.807, 2.05) is 66.3 Å². The molecule has 0 unspecified atom stereocenters. The standard InChI is InChI=1S/C22H26N4O/c1-5-9-21-16(2)23-26(17(21)3)20-14-12-18(13-15-20)22(27)24-25(4)19-10-7-6-8-11-19/h6-8,10-15H,5,9H2,1-4H3,(H,24,27). The number of nitrogens with one attached hydrogen (secondary N) is 1. The van der Waals surface area contributed by atoms with Crippen LogP contribution in [-0.2, 0) is 6.42 Å². The lowest BCUT2D eigenvalue weighted by Crippen LogP contribution is -2.39. The Hall–Kier alpha value is -3.08. The highest BCUT2D eigenvalue weighted by molar-refractivity contribution is 5.95. The van der Waals surface area contributed by atoms with Gasteiger partial charge in [-0.3, -0.25) is 15.2 Å². The van der Waals surface area contributed by atoms with Gasteiger partial charge < -0.3 is 0 Å². The van der Waals surface area contributed by atoms with E-state index in [9.17, 15) is 4.79 Å². The van der Waals surface area contributed by atoms with E-state index >= 15 is 0 Å². The van der Waals surface area contributed by atoms with Crippen LogP contribution in [-0.4, -0.2) is 22.7 Å². The first-order valence-electron chi connectivity index (χ1n) is 9.26. The Kier molecular flexibility index (Phi) is 5.60. The van der Waals surface area contributed by atoms with Gasteiger partial charge in [0.05, 0.1) is 17.1 Å². The van der Waals surface area contributed by atoms with E-state index in [1.54, 1.807) is 5.01 Å². The first-order chi connectivity index (χ1) is 13.0. The molecule has 1 amide bonds. The molecule has 0 aliphatic heterocycles. The summed E-state index contributed by atoms with van der Waals surface area (Å²) < 4.78 is 1.96. The molecule has 0 radical (unpaired) electrons. The molecule has 5 nitrogen and oxygen atoms in total. The lowest BCUT2D eigenvalue weighted by Gasteiger charge is -2.20. The Labute approximate surface area is 160 Å². The third-order valence-electron chi connectivity index (χ3n) is 4.73. The molecule has 0 saturated heterocycles. The maximum atomic E-state index is 12.5. The van der Waals surface area contributed by atoms with Crippen molar-refractivity contribution in [1.82, 2.24) is 15.2 Å². The number of rotatable bonds is 6. The van der Waals surface area contributed by atoms with Crippen molar-refractivity contribution in [1.29, 1.82) is 0 Å². The number of hydrogen-bond acceptors (Lipinski definition) is 3. The van der Waals surface area contributed by atoms with Gasteiger partial charge in [-0.1, -0.05) is 31.5 Å². The summed E-state index contributed by atoms with van der Waals surface area (Å²) >= 11 is 0. The van der Waals surface area contributed by atoms with Gasteiger partial charge in [-0.25, -0.2) is 4.68 Å². The topological polar surface area (TPSA) is 50.2 Å². The lowest BCUT2D eigenvalue weighted by molar-refractivity contribution is 0.0951. The van der Waals surface area contributed by atoms with Gasteiger partial charge in [0.15, 0.2) is 0 Å². The number of hydrogen-bond donors (Lipinski definition) is 1. The minimum Gasteiger partial charge on any atom is -0.288 e. The van der Waals surface area contributed by atoms with Crippen LogP contribution in [0.2, 0.25) is 0 Å². The summed E-state index contributed by atoms with van der Waals surface area (Å²) in [5.41, 5.74) is 8.92. The van der Waals surface area contributed by atoms with Gasteiger partial charge in [-0.05, 0) is 62.2 Å². The molecule has 3 rings (SSSR count). The lowest BCUT2D eigenvalue weighted by atomic mass is 10.1. The molecule has 0 bridgehead atoms. The van der Waals surface area contributed by atoms with Gasteiger partial charge in [-0.2, -0.15) is 5.10 Å². The SMILES string of the molecule is CCCc1c(C)nn(-c2ccc(C(=O)NN(C)c3ccccc3)cc2)c1C. The molecule has 3 aromatic rings. The number of aryl methyl sites for hydroxylation is 1. The van der Waals surface area contributed by atoms with Gasteiger partial charge in [0, 0.05) is 18.3 Å². The van der Waals surface area contributed by atoms with E-state index in [0.717, 1.165) is 35.6 Å². The number of benzene rings is 2. The molecule has 27 heavy (non-hydrogen) atoms. The predicted molar refractivity (Wildman–Crippen MR) is 109 cm³/mol. The number of anilines is 1. The molecule has 1 aromatic heterocycles. The van der Waals surface area contributed by atoms with Crippen molar-refractivity contribution >= 4 is 11.6 Å². The summed E-state index contributed by atoms with van der Waals surface area (Å²) in [6.07, 6.45) is 2.13. The van der Waals surface area contributed by atoms with E-state index in [-0.39, 0.29) is 5.91 Å². The highest BCUT2D eigenvalue weighted by atomic mass is 16.2. The highest BCUT2D eigenvalue weighted by Crippen LogP contribution is 2.20. The van der Waals surface area contributed by atoms with Crippen LogP contribution in [0.15, 0.2) is 54.6 Å². The Morgan fingerprint density at radius 2 is 1.74 bits per heavy atom. The average Bonchev–Trinajstić information content (AvgIpc) is 2.97. The first-order valence-corrected chi connectivity index (χ1v) is 9.26. The smallest absolute Gasteiger partial charge is 0.269 e. The third kappa shape index (κ3) is 4.03. The van der Waals surface area contributed by atoms with Crippen LogP contribution in [0.5, 0.6) is 0 Å². The molecule has 0 saturated carbocycles. The van der Waals surface area contributed by atoms with Gasteiger partial charge in [0.25, 0.3) is 5.91 Å². The van der Waals surface area contributed by atoms with Crippen molar-refractivity contribution < 1.29 is 4.79 Å². The average molecular weight is 362 g/mol. The normalized spacial score (nSPS) is 10.7. The van der Waals surface area contributed by atoms with Crippen molar-refractivity contribution in [3.63, 3.8) is 0 Å². The fraction of sp³-hybridized carbons (Fsp3) is 0.273. The van der Waals surface area contributed by atoms with E-state index in [2.05, 4.69) is 31.3 Å². The summed E-state index contributed by atoms with van der Waals surface area (Å²) in [5, 5.41) is 6.39. The minimum atomic E-state index is -0.145. The second-order valence-corrected chi connectivity index (χ2v) is 6.69. The summed E-state index contributed by atoms with van der Waals surface area (Å²) in [7, 11) is 1.83. The molecule has 2 aromatic carbocycles. The summed E-state index contributed by atoms with van der Waals surface area (Å²) in [6.45, 7) is 6.33. The predicted octanol–water partition coefficient (Wildman–Crippen LogP) is 4.22. The molecule has 0 aliphatic carbocycles. The molecule has 0 aliphatic rings. The summed E-state index contributed by atoms with van der Waals surface area (Å²) in [4.78, 5) is 12.5. The summed E-state index contributed by atoms with van der Waals surface area (Å²) in [5.74, 6) is -0.145. The number of carbonyl (C=O) groups is 1. The number of carbonyl (C=O) groups excluding carboxylic acids is 1. The molecular formula is C22H26N4O. The molecular weight excluding hydrogens is 336 g/mol. The Balaban J connectivity index is 1.75. The van der Waals surface area contributed by atoms with E-state index in [0.29, 0.717) is 5.56 Å². The van der Waals surface area contributed by atoms with E-state index in [4.69, 9.17) is 0 Å². The van der Waals surface area contributed by atoms with Crippen LogP contribution in [0.25, 0.3) is 5.69 Å². The zero-order chi connectivity index (χ0) is 19.4.